The highest BCUT2D eigenvalue weighted by atomic mass is 19.1. The second-order valence-corrected chi connectivity index (χ2v) is 5.93. The Kier molecular flexibility index (Phi) is 1.84. The lowest BCUT2D eigenvalue weighted by Crippen LogP contribution is -2.38. The van der Waals surface area contributed by atoms with E-state index in [1.807, 2.05) is 6.07 Å². The molecule has 0 spiro atoms. The molecule has 1 aromatic rings. The third kappa shape index (κ3) is 1.03. The van der Waals surface area contributed by atoms with Gasteiger partial charge in [0, 0.05) is 5.56 Å². The van der Waals surface area contributed by atoms with Gasteiger partial charge in [0.25, 0.3) is 0 Å². The quantitative estimate of drug-likeness (QED) is 0.643. The summed E-state index contributed by atoms with van der Waals surface area (Å²) in [4.78, 5) is 0. The first-order chi connectivity index (χ1) is 7.46. The zero-order valence-corrected chi connectivity index (χ0v) is 10.0. The van der Waals surface area contributed by atoms with E-state index in [-0.39, 0.29) is 17.3 Å². The van der Waals surface area contributed by atoms with Crippen LogP contribution in [0.15, 0.2) is 18.2 Å². The number of fused-ring (bicyclic) bond motifs is 5. The zero-order chi connectivity index (χ0) is 11.6. The second-order valence-electron chi connectivity index (χ2n) is 5.93. The van der Waals surface area contributed by atoms with Crippen molar-refractivity contribution in [3.8, 4) is 0 Å². The first-order valence-electron chi connectivity index (χ1n) is 5.92. The van der Waals surface area contributed by atoms with Crippen molar-refractivity contribution in [2.75, 3.05) is 0 Å². The van der Waals surface area contributed by atoms with Crippen LogP contribution in [0.1, 0.15) is 50.8 Å². The molecule has 0 N–H and O–H groups in total. The lowest BCUT2D eigenvalue weighted by Gasteiger charge is -2.39. The van der Waals surface area contributed by atoms with E-state index >= 15 is 0 Å². The minimum atomic E-state index is -0.404. The number of ether oxygens (including phenoxy) is 1. The Bertz CT molecular complexity index is 447. The van der Waals surface area contributed by atoms with Crippen molar-refractivity contribution in [1.29, 1.82) is 0 Å². The van der Waals surface area contributed by atoms with E-state index in [4.69, 9.17) is 4.74 Å². The number of rotatable bonds is 0. The van der Waals surface area contributed by atoms with Crippen LogP contribution in [0.4, 0.5) is 4.39 Å². The summed E-state index contributed by atoms with van der Waals surface area (Å²) in [7, 11) is 0. The molecule has 1 nitrogen and oxygen atoms in total. The van der Waals surface area contributed by atoms with E-state index in [1.165, 1.54) is 0 Å². The second kappa shape index (κ2) is 2.86. The van der Waals surface area contributed by atoms with Gasteiger partial charge in [-0.3, -0.25) is 0 Å². The van der Waals surface area contributed by atoms with Crippen LogP contribution in [0.2, 0.25) is 0 Å². The van der Waals surface area contributed by atoms with E-state index < -0.39 is 5.60 Å². The average molecular weight is 220 g/mol. The number of hydrogen-bond donors (Lipinski definition) is 0. The first kappa shape index (κ1) is 10.3. The minimum absolute atomic E-state index is 0.0603. The van der Waals surface area contributed by atoms with Crippen LogP contribution in [-0.2, 0) is 10.3 Å². The average Bonchev–Trinajstić information content (AvgIpc) is 2.74. The molecule has 0 aromatic heterocycles. The highest BCUT2D eigenvalue weighted by Crippen LogP contribution is 2.62. The Morgan fingerprint density at radius 1 is 1.38 bits per heavy atom. The molecule has 2 heterocycles. The Balaban J connectivity index is 2.27. The Morgan fingerprint density at radius 2 is 2.12 bits per heavy atom. The van der Waals surface area contributed by atoms with E-state index in [9.17, 15) is 4.39 Å². The first-order valence-corrected chi connectivity index (χ1v) is 5.92. The topological polar surface area (TPSA) is 9.23 Å². The molecular formula is C14H17FO. The van der Waals surface area contributed by atoms with Gasteiger partial charge >= 0.3 is 0 Å². The van der Waals surface area contributed by atoms with Gasteiger partial charge in [0.2, 0.25) is 0 Å². The Labute approximate surface area is 95.6 Å². The molecular weight excluding hydrogens is 203 g/mol. The molecule has 0 amide bonds. The van der Waals surface area contributed by atoms with Crippen molar-refractivity contribution in [3.63, 3.8) is 0 Å². The minimum Gasteiger partial charge on any atom is -0.362 e. The molecule has 2 bridgehead atoms. The lowest BCUT2D eigenvalue weighted by molar-refractivity contribution is -0.0966. The van der Waals surface area contributed by atoms with Crippen LogP contribution in [0.25, 0.3) is 0 Å². The third-order valence-electron chi connectivity index (χ3n) is 4.11. The van der Waals surface area contributed by atoms with Crippen LogP contribution >= 0.6 is 0 Å². The monoisotopic (exact) mass is 220 g/mol. The number of benzene rings is 1. The van der Waals surface area contributed by atoms with E-state index in [0.29, 0.717) is 0 Å². The molecule has 16 heavy (non-hydrogen) atoms. The van der Waals surface area contributed by atoms with Gasteiger partial charge in [-0.1, -0.05) is 32.9 Å². The van der Waals surface area contributed by atoms with Crippen molar-refractivity contribution in [2.24, 2.45) is 5.41 Å². The van der Waals surface area contributed by atoms with Crippen molar-refractivity contribution in [1.82, 2.24) is 0 Å². The highest BCUT2D eigenvalue weighted by Gasteiger charge is 2.57. The number of halogens is 1. The summed E-state index contributed by atoms with van der Waals surface area (Å²) in [5, 5.41) is 0. The van der Waals surface area contributed by atoms with Crippen LogP contribution in [0.3, 0.4) is 0 Å². The molecule has 1 aromatic carbocycles. The van der Waals surface area contributed by atoms with Crippen molar-refractivity contribution in [2.45, 2.75) is 45.3 Å². The van der Waals surface area contributed by atoms with Crippen molar-refractivity contribution < 1.29 is 9.13 Å². The Morgan fingerprint density at radius 3 is 2.81 bits per heavy atom. The molecule has 2 aliphatic heterocycles. The van der Waals surface area contributed by atoms with Gasteiger partial charge < -0.3 is 4.74 Å². The molecule has 0 saturated carbocycles. The van der Waals surface area contributed by atoms with Crippen LogP contribution in [0.5, 0.6) is 0 Å². The SMILES string of the molecule is CC(C)(C)C12CCC(O1)c1cccc(F)c12. The standard InChI is InChI=1S/C14H17FO/c1-13(2,3)14-8-7-11(16-14)9-5-4-6-10(15)12(9)14/h4-6,11H,7-8H2,1-3H3. The van der Waals surface area contributed by atoms with Crippen LogP contribution < -0.4 is 0 Å². The van der Waals surface area contributed by atoms with Gasteiger partial charge in [0.1, 0.15) is 11.4 Å². The van der Waals surface area contributed by atoms with E-state index in [0.717, 1.165) is 24.0 Å². The maximum absolute atomic E-state index is 14.0. The van der Waals surface area contributed by atoms with Gasteiger partial charge in [0.15, 0.2) is 0 Å². The predicted octanol–water partition coefficient (Wildman–Crippen LogP) is 3.93. The molecule has 1 fully saturated rings. The van der Waals surface area contributed by atoms with Gasteiger partial charge in [-0.2, -0.15) is 0 Å². The molecule has 0 aliphatic carbocycles. The normalized spacial score (nSPS) is 31.9. The van der Waals surface area contributed by atoms with Crippen LogP contribution in [-0.4, -0.2) is 0 Å². The van der Waals surface area contributed by atoms with E-state index in [1.54, 1.807) is 12.1 Å². The molecule has 2 aliphatic rings. The summed E-state index contributed by atoms with van der Waals surface area (Å²) in [6.45, 7) is 6.41. The van der Waals surface area contributed by atoms with Gasteiger partial charge in [-0.05, 0) is 29.9 Å². The van der Waals surface area contributed by atoms with Crippen LogP contribution in [0, 0.1) is 11.2 Å². The maximum Gasteiger partial charge on any atom is 0.129 e. The molecule has 3 rings (SSSR count). The van der Waals surface area contributed by atoms with Gasteiger partial charge in [-0.15, -0.1) is 0 Å². The summed E-state index contributed by atoms with van der Waals surface area (Å²) in [5.41, 5.74) is 1.42. The summed E-state index contributed by atoms with van der Waals surface area (Å²) >= 11 is 0. The summed E-state index contributed by atoms with van der Waals surface area (Å²) in [6, 6.07) is 5.35. The summed E-state index contributed by atoms with van der Waals surface area (Å²) < 4.78 is 20.2. The Hall–Kier alpha value is -0.890. The third-order valence-corrected chi connectivity index (χ3v) is 4.11. The fraction of sp³-hybridized carbons (Fsp3) is 0.571. The zero-order valence-electron chi connectivity index (χ0n) is 10.0. The predicted molar refractivity (Wildman–Crippen MR) is 60.6 cm³/mol. The largest absolute Gasteiger partial charge is 0.362 e. The highest BCUT2D eigenvalue weighted by molar-refractivity contribution is 5.43. The van der Waals surface area contributed by atoms with Crippen molar-refractivity contribution in [3.05, 3.63) is 35.1 Å². The molecule has 2 heteroatoms. The number of hydrogen-bond acceptors (Lipinski definition) is 1. The molecule has 2 atom stereocenters. The van der Waals surface area contributed by atoms with E-state index in [2.05, 4.69) is 20.8 Å². The fourth-order valence-corrected chi connectivity index (χ4v) is 3.26. The van der Waals surface area contributed by atoms with Gasteiger partial charge in [0.05, 0.1) is 6.10 Å². The van der Waals surface area contributed by atoms with Crippen molar-refractivity contribution >= 4 is 0 Å². The smallest absolute Gasteiger partial charge is 0.129 e. The summed E-state index contributed by atoms with van der Waals surface area (Å²) in [6.07, 6.45) is 2.08. The fourth-order valence-electron chi connectivity index (χ4n) is 3.26. The lowest BCUT2D eigenvalue weighted by atomic mass is 9.67. The maximum atomic E-state index is 14.0. The molecule has 86 valence electrons. The summed E-state index contributed by atoms with van der Waals surface area (Å²) in [5.74, 6) is -0.102. The molecule has 2 unspecified atom stereocenters. The molecule has 0 radical (unpaired) electrons. The van der Waals surface area contributed by atoms with Gasteiger partial charge in [-0.25, -0.2) is 4.39 Å². The molecule has 1 saturated heterocycles.